The van der Waals surface area contributed by atoms with E-state index in [4.69, 9.17) is 14.0 Å². The van der Waals surface area contributed by atoms with Crippen LogP contribution in [0.2, 0.25) is 0 Å². The summed E-state index contributed by atoms with van der Waals surface area (Å²) in [5.41, 5.74) is 0.908. The van der Waals surface area contributed by atoms with Gasteiger partial charge in [-0.25, -0.2) is 0 Å². The maximum Gasteiger partial charge on any atom is 0.309 e. The highest BCUT2D eigenvalue weighted by Gasteiger charge is 2.36. The minimum Gasteiger partial charge on any atom is -0.461 e. The Bertz CT molecular complexity index is 628. The van der Waals surface area contributed by atoms with E-state index < -0.39 is 10.1 Å². The molecule has 1 aliphatic carbocycles. The van der Waals surface area contributed by atoms with Crippen LogP contribution in [0.1, 0.15) is 31.2 Å². The first-order chi connectivity index (χ1) is 11.4. The summed E-state index contributed by atoms with van der Waals surface area (Å²) >= 11 is 0. The lowest BCUT2D eigenvalue weighted by Gasteiger charge is -2.34. The second-order valence-electron chi connectivity index (χ2n) is 6.21. The summed E-state index contributed by atoms with van der Waals surface area (Å²) in [6, 6.07) is 9.41. The molecule has 0 aromatic heterocycles. The van der Waals surface area contributed by atoms with E-state index in [0.717, 1.165) is 12.0 Å². The van der Waals surface area contributed by atoms with Gasteiger partial charge in [-0.3, -0.25) is 9.35 Å². The molecule has 1 fully saturated rings. The van der Waals surface area contributed by atoms with Crippen LogP contribution in [0.5, 0.6) is 0 Å². The summed E-state index contributed by atoms with van der Waals surface area (Å²) in [6.45, 7) is 0.203. The van der Waals surface area contributed by atoms with Crippen molar-refractivity contribution in [1.29, 1.82) is 0 Å². The van der Waals surface area contributed by atoms with Crippen LogP contribution in [0.15, 0.2) is 30.3 Å². The first-order valence-corrected chi connectivity index (χ1v) is 9.68. The minimum atomic E-state index is -4.05. The van der Waals surface area contributed by atoms with E-state index in [1.54, 1.807) is 7.11 Å². The molecule has 0 heterocycles. The third-order valence-corrected chi connectivity index (χ3v) is 5.29. The number of ether oxygens (including phenoxy) is 2. The largest absolute Gasteiger partial charge is 0.461 e. The van der Waals surface area contributed by atoms with Crippen molar-refractivity contribution in [1.82, 2.24) is 0 Å². The molecule has 0 amide bonds. The molecule has 0 aliphatic heterocycles. The number of hydrogen-bond acceptors (Lipinski definition) is 5. The lowest BCUT2D eigenvalue weighted by atomic mass is 9.76. The Morgan fingerprint density at radius 3 is 2.58 bits per heavy atom. The quantitative estimate of drug-likeness (QED) is 0.596. The summed E-state index contributed by atoms with van der Waals surface area (Å²) in [5.74, 6) is -1.19. The van der Waals surface area contributed by atoms with E-state index in [1.165, 1.54) is 0 Å². The molecule has 3 atom stereocenters. The highest BCUT2D eigenvalue weighted by Crippen LogP contribution is 2.35. The average Bonchev–Trinajstić information content (AvgIpc) is 2.58. The van der Waals surface area contributed by atoms with E-state index in [0.29, 0.717) is 12.8 Å². The summed E-state index contributed by atoms with van der Waals surface area (Å²) in [4.78, 5) is 12.4. The Balaban J connectivity index is 1.97. The zero-order valence-corrected chi connectivity index (χ0v) is 14.6. The summed E-state index contributed by atoms with van der Waals surface area (Å²) in [7, 11) is -2.44. The first kappa shape index (κ1) is 18.9. The summed E-state index contributed by atoms with van der Waals surface area (Å²) in [6.07, 6.45) is 2.17. The number of rotatable bonds is 7. The predicted octanol–water partition coefficient (Wildman–Crippen LogP) is 2.44. The van der Waals surface area contributed by atoms with Gasteiger partial charge in [0.05, 0.1) is 17.8 Å². The number of esters is 1. The second-order valence-corrected chi connectivity index (χ2v) is 7.78. The molecular formula is C17H24O6S. The maximum absolute atomic E-state index is 12.4. The highest BCUT2D eigenvalue weighted by atomic mass is 32.2. The molecule has 1 aromatic carbocycles. The van der Waals surface area contributed by atoms with Crippen molar-refractivity contribution in [2.24, 2.45) is 11.8 Å². The van der Waals surface area contributed by atoms with E-state index in [2.05, 4.69) is 0 Å². The normalized spacial score (nSPS) is 24.5. The van der Waals surface area contributed by atoms with Gasteiger partial charge < -0.3 is 9.47 Å². The lowest BCUT2D eigenvalue weighted by Crippen LogP contribution is -2.35. The summed E-state index contributed by atoms with van der Waals surface area (Å²) in [5, 5.41) is 0. The molecule has 24 heavy (non-hydrogen) atoms. The van der Waals surface area contributed by atoms with Crippen LogP contribution in [0.3, 0.4) is 0 Å². The third-order valence-electron chi connectivity index (χ3n) is 4.54. The number of benzene rings is 1. The van der Waals surface area contributed by atoms with Gasteiger partial charge in [-0.05, 0) is 37.2 Å². The zero-order valence-electron chi connectivity index (χ0n) is 13.8. The predicted molar refractivity (Wildman–Crippen MR) is 88.9 cm³/mol. The van der Waals surface area contributed by atoms with Gasteiger partial charge in [0.1, 0.15) is 6.61 Å². The van der Waals surface area contributed by atoms with Crippen molar-refractivity contribution in [2.45, 2.75) is 38.4 Å². The number of methoxy groups -OCH3 is 1. The van der Waals surface area contributed by atoms with Gasteiger partial charge in [-0.2, -0.15) is 8.42 Å². The number of hydrogen-bond donors (Lipinski definition) is 1. The van der Waals surface area contributed by atoms with Crippen molar-refractivity contribution in [3.05, 3.63) is 35.9 Å². The van der Waals surface area contributed by atoms with Gasteiger partial charge in [0.2, 0.25) is 0 Å². The molecule has 6 nitrogen and oxygen atoms in total. The molecule has 1 aliphatic rings. The van der Waals surface area contributed by atoms with Crippen molar-refractivity contribution in [2.75, 3.05) is 12.9 Å². The maximum atomic E-state index is 12.4. The Morgan fingerprint density at radius 1 is 1.25 bits per heavy atom. The molecule has 7 heteroatoms. The van der Waals surface area contributed by atoms with Crippen molar-refractivity contribution >= 4 is 16.1 Å². The highest BCUT2D eigenvalue weighted by molar-refractivity contribution is 7.85. The van der Waals surface area contributed by atoms with E-state index in [1.807, 2.05) is 30.3 Å². The Kier molecular flexibility index (Phi) is 6.77. The van der Waals surface area contributed by atoms with Gasteiger partial charge in [-0.1, -0.05) is 30.3 Å². The second kappa shape index (κ2) is 8.60. The third kappa shape index (κ3) is 5.89. The van der Waals surface area contributed by atoms with Crippen molar-refractivity contribution in [3.63, 3.8) is 0 Å². The van der Waals surface area contributed by atoms with Gasteiger partial charge >= 0.3 is 5.97 Å². The minimum absolute atomic E-state index is 0.00886. The van der Waals surface area contributed by atoms with Crippen LogP contribution in [0.25, 0.3) is 0 Å². The SMILES string of the molecule is CO[C@@H]1CC[C@H](C(=O)OCc2ccccc2)[C@@H](CCS(=O)(=O)O)C1. The fourth-order valence-electron chi connectivity index (χ4n) is 3.20. The first-order valence-electron chi connectivity index (χ1n) is 8.07. The molecule has 134 valence electrons. The topological polar surface area (TPSA) is 89.9 Å². The number of carbonyl (C=O) groups is 1. The van der Waals surface area contributed by atoms with Gasteiger partial charge in [0.15, 0.2) is 0 Å². The molecule has 1 saturated carbocycles. The molecule has 0 bridgehead atoms. The molecule has 0 unspecified atom stereocenters. The summed E-state index contributed by atoms with van der Waals surface area (Å²) < 4.78 is 41.8. The number of carbonyl (C=O) groups excluding carboxylic acids is 1. The van der Waals surface area contributed by atoms with Crippen LogP contribution in [0, 0.1) is 11.8 Å². The van der Waals surface area contributed by atoms with E-state index >= 15 is 0 Å². The standard InChI is InChI=1S/C17H24O6S/c1-22-15-7-8-16(14(11-15)9-10-24(19,20)21)17(18)23-12-13-5-3-2-4-6-13/h2-6,14-16H,7-12H2,1H3,(H,19,20,21)/t14-,15+,16-/m0/s1. The molecule has 0 spiro atoms. The molecule has 0 radical (unpaired) electrons. The van der Waals surface area contributed by atoms with Gasteiger partial charge in [0, 0.05) is 7.11 Å². The van der Waals surface area contributed by atoms with Crippen LogP contribution >= 0.6 is 0 Å². The zero-order chi connectivity index (χ0) is 17.6. The van der Waals surface area contributed by atoms with E-state index in [-0.39, 0.29) is 42.7 Å². The smallest absolute Gasteiger partial charge is 0.309 e. The van der Waals surface area contributed by atoms with Crippen molar-refractivity contribution < 1.29 is 27.2 Å². The Labute approximate surface area is 142 Å². The lowest BCUT2D eigenvalue weighted by molar-refractivity contribution is -0.154. The molecular weight excluding hydrogens is 332 g/mol. The Hall–Kier alpha value is -1.44. The fraction of sp³-hybridized carbons (Fsp3) is 0.588. The van der Waals surface area contributed by atoms with Crippen LogP contribution < -0.4 is 0 Å². The molecule has 0 saturated heterocycles. The fourth-order valence-corrected chi connectivity index (χ4v) is 3.80. The Morgan fingerprint density at radius 2 is 1.96 bits per heavy atom. The van der Waals surface area contributed by atoms with Crippen molar-refractivity contribution in [3.8, 4) is 0 Å². The monoisotopic (exact) mass is 356 g/mol. The van der Waals surface area contributed by atoms with Crippen LogP contribution in [0.4, 0.5) is 0 Å². The van der Waals surface area contributed by atoms with E-state index in [9.17, 15) is 13.2 Å². The van der Waals surface area contributed by atoms with Crippen LogP contribution in [-0.4, -0.2) is 37.9 Å². The average molecular weight is 356 g/mol. The van der Waals surface area contributed by atoms with Gasteiger partial charge in [-0.15, -0.1) is 0 Å². The molecule has 1 aromatic rings. The van der Waals surface area contributed by atoms with Crippen LogP contribution in [-0.2, 0) is 31.0 Å². The molecule has 1 N–H and O–H groups in total. The van der Waals surface area contributed by atoms with Gasteiger partial charge in [0.25, 0.3) is 10.1 Å². The molecule has 2 rings (SSSR count).